The van der Waals surface area contributed by atoms with E-state index in [0.717, 1.165) is 46.7 Å². The summed E-state index contributed by atoms with van der Waals surface area (Å²) in [4.78, 5) is 14.0. The molecule has 2 aromatic carbocycles. The van der Waals surface area contributed by atoms with Gasteiger partial charge in [-0.2, -0.15) is 5.26 Å². The van der Waals surface area contributed by atoms with Gasteiger partial charge in [0.05, 0.1) is 34.9 Å². The molecule has 0 unspecified atom stereocenters. The fraction of sp³-hybridized carbons (Fsp3) is 0.143. The van der Waals surface area contributed by atoms with E-state index in [0.29, 0.717) is 5.56 Å². The minimum atomic E-state index is 0.633. The Morgan fingerprint density at radius 2 is 1.73 bits per heavy atom. The minimum absolute atomic E-state index is 0.633. The van der Waals surface area contributed by atoms with Crippen LogP contribution < -0.4 is 0 Å². The van der Waals surface area contributed by atoms with Gasteiger partial charge in [-0.25, -0.2) is 4.98 Å². The molecule has 0 saturated carbocycles. The Hall–Kier alpha value is -4.30. The largest absolute Gasteiger partial charge is 0.297 e. The fourth-order valence-corrected chi connectivity index (χ4v) is 4.24. The van der Waals surface area contributed by atoms with Crippen molar-refractivity contribution in [1.82, 2.24) is 19.4 Å². The van der Waals surface area contributed by atoms with E-state index in [2.05, 4.69) is 60.2 Å². The van der Waals surface area contributed by atoms with Crippen LogP contribution in [0.5, 0.6) is 0 Å². The normalized spacial score (nSPS) is 10.9. The summed E-state index contributed by atoms with van der Waals surface area (Å²) >= 11 is 0. The summed E-state index contributed by atoms with van der Waals surface area (Å²) in [5.41, 5.74) is 10.1. The molecule has 5 heteroatoms. The molecular weight excluding hydrogens is 406 g/mol. The quantitative estimate of drug-likeness (QED) is 0.358. The lowest BCUT2D eigenvalue weighted by molar-refractivity contribution is 0.895. The first kappa shape index (κ1) is 20.6. The van der Waals surface area contributed by atoms with Crippen molar-refractivity contribution >= 4 is 5.65 Å². The molecule has 0 aliphatic heterocycles. The third-order valence-corrected chi connectivity index (χ3v) is 5.87. The summed E-state index contributed by atoms with van der Waals surface area (Å²) in [6.45, 7) is 4.21. The van der Waals surface area contributed by atoms with Gasteiger partial charge in [0.1, 0.15) is 0 Å². The van der Waals surface area contributed by atoms with Crippen molar-refractivity contribution in [3.8, 4) is 28.6 Å². The van der Waals surface area contributed by atoms with Crippen LogP contribution >= 0.6 is 0 Å². The molecule has 3 aromatic heterocycles. The highest BCUT2D eigenvalue weighted by molar-refractivity contribution is 5.66. The van der Waals surface area contributed by atoms with Gasteiger partial charge in [0, 0.05) is 29.7 Å². The second-order valence-corrected chi connectivity index (χ2v) is 8.28. The lowest BCUT2D eigenvalue weighted by atomic mass is 10.0. The zero-order valence-electron chi connectivity index (χ0n) is 18.7. The minimum Gasteiger partial charge on any atom is -0.297 e. The summed E-state index contributed by atoms with van der Waals surface area (Å²) in [7, 11) is 0. The first-order valence-corrected chi connectivity index (χ1v) is 11.0. The van der Waals surface area contributed by atoms with Gasteiger partial charge < -0.3 is 0 Å². The number of pyridine rings is 1. The van der Waals surface area contributed by atoms with Crippen LogP contribution in [0.15, 0.2) is 79.4 Å². The highest BCUT2D eigenvalue weighted by Gasteiger charge is 2.12. The van der Waals surface area contributed by atoms with Crippen LogP contribution in [0.4, 0.5) is 0 Å². The molecular formula is C28H23N5. The van der Waals surface area contributed by atoms with Crippen LogP contribution in [0.3, 0.4) is 0 Å². The van der Waals surface area contributed by atoms with Gasteiger partial charge in [-0.3, -0.25) is 14.4 Å². The van der Waals surface area contributed by atoms with Crippen molar-refractivity contribution < 1.29 is 0 Å². The summed E-state index contributed by atoms with van der Waals surface area (Å²) in [5.74, 6) is 0. The Labute approximate surface area is 193 Å². The van der Waals surface area contributed by atoms with Crippen LogP contribution in [-0.4, -0.2) is 19.4 Å². The first-order chi connectivity index (χ1) is 16.1. The number of fused-ring (bicyclic) bond motifs is 1. The predicted octanol–water partition coefficient (Wildman–Crippen LogP) is 5.73. The van der Waals surface area contributed by atoms with Crippen molar-refractivity contribution in [3.63, 3.8) is 0 Å². The molecule has 5 nitrogen and oxygen atoms in total. The smallest absolute Gasteiger partial charge is 0.159 e. The Bertz CT molecular complexity index is 1510. The van der Waals surface area contributed by atoms with E-state index < -0.39 is 0 Å². The SMILES string of the molecule is Cc1cccc(-c2ncc(CCc3nccn4c(-c5cccc(C#N)c5)cnc34)cc2C)c1. The third-order valence-electron chi connectivity index (χ3n) is 5.87. The number of nitriles is 1. The lowest BCUT2D eigenvalue weighted by Gasteiger charge is -2.09. The monoisotopic (exact) mass is 429 g/mol. The Morgan fingerprint density at radius 3 is 2.55 bits per heavy atom. The van der Waals surface area contributed by atoms with Crippen molar-refractivity contribution in [2.45, 2.75) is 26.7 Å². The highest BCUT2D eigenvalue weighted by Crippen LogP contribution is 2.25. The van der Waals surface area contributed by atoms with Crippen molar-refractivity contribution in [2.24, 2.45) is 0 Å². The molecule has 0 saturated heterocycles. The van der Waals surface area contributed by atoms with Crippen molar-refractivity contribution in [2.75, 3.05) is 0 Å². The summed E-state index contributed by atoms with van der Waals surface area (Å²) < 4.78 is 2.04. The van der Waals surface area contributed by atoms with Crippen molar-refractivity contribution in [3.05, 3.63) is 107 Å². The summed E-state index contributed by atoms with van der Waals surface area (Å²) in [5, 5.41) is 9.22. The molecule has 0 N–H and O–H groups in total. The maximum atomic E-state index is 9.22. The molecule has 3 heterocycles. The summed E-state index contributed by atoms with van der Waals surface area (Å²) in [6, 6.07) is 20.4. The standard InChI is InChI=1S/C28H23N5/c1-19-5-3-8-24(13-19)27-20(2)14-22(17-31-27)9-10-25-28-32-18-26(33(28)12-11-30-25)23-7-4-6-21(15-23)16-29/h3-8,11-15,17-18H,9-10H2,1-2H3. The zero-order chi connectivity index (χ0) is 22.8. The van der Waals surface area contributed by atoms with Gasteiger partial charge >= 0.3 is 0 Å². The Kier molecular flexibility index (Phi) is 5.42. The zero-order valence-corrected chi connectivity index (χ0v) is 18.7. The average molecular weight is 430 g/mol. The van der Waals surface area contributed by atoms with Gasteiger partial charge in [-0.15, -0.1) is 0 Å². The lowest BCUT2D eigenvalue weighted by Crippen LogP contribution is -2.01. The number of rotatable bonds is 5. The number of hydrogen-bond acceptors (Lipinski definition) is 4. The Morgan fingerprint density at radius 1 is 0.879 bits per heavy atom. The molecule has 0 fully saturated rings. The van der Waals surface area contributed by atoms with E-state index >= 15 is 0 Å². The molecule has 33 heavy (non-hydrogen) atoms. The molecule has 160 valence electrons. The Balaban J connectivity index is 1.40. The van der Waals surface area contributed by atoms with E-state index in [1.807, 2.05) is 47.4 Å². The third kappa shape index (κ3) is 4.11. The molecule has 0 atom stereocenters. The topological polar surface area (TPSA) is 66.9 Å². The van der Waals surface area contributed by atoms with Crippen LogP contribution in [0, 0.1) is 25.2 Å². The second-order valence-electron chi connectivity index (χ2n) is 8.28. The van der Waals surface area contributed by atoms with Crippen LogP contribution in [0.2, 0.25) is 0 Å². The summed E-state index contributed by atoms with van der Waals surface area (Å²) in [6.07, 6.45) is 9.15. The molecule has 0 bridgehead atoms. The maximum absolute atomic E-state index is 9.22. The molecule has 0 amide bonds. The van der Waals surface area contributed by atoms with E-state index in [9.17, 15) is 5.26 Å². The predicted molar refractivity (Wildman–Crippen MR) is 130 cm³/mol. The van der Waals surface area contributed by atoms with E-state index in [-0.39, 0.29) is 0 Å². The van der Waals surface area contributed by atoms with Crippen LogP contribution in [-0.2, 0) is 12.8 Å². The molecule has 0 aliphatic rings. The molecule has 0 aliphatic carbocycles. The number of hydrogen-bond donors (Lipinski definition) is 0. The van der Waals surface area contributed by atoms with Gasteiger partial charge in [-0.05, 0) is 56.0 Å². The molecule has 5 aromatic rings. The number of nitrogens with zero attached hydrogens (tertiary/aromatic N) is 5. The average Bonchev–Trinajstić information content (AvgIpc) is 3.28. The number of aromatic nitrogens is 4. The van der Waals surface area contributed by atoms with Gasteiger partial charge in [-0.1, -0.05) is 42.0 Å². The van der Waals surface area contributed by atoms with E-state index in [1.165, 1.54) is 16.7 Å². The number of benzene rings is 2. The maximum Gasteiger partial charge on any atom is 0.159 e. The van der Waals surface area contributed by atoms with Crippen molar-refractivity contribution in [1.29, 1.82) is 5.26 Å². The number of imidazole rings is 1. The second kappa shape index (κ2) is 8.68. The van der Waals surface area contributed by atoms with Crippen LogP contribution in [0.25, 0.3) is 28.2 Å². The highest BCUT2D eigenvalue weighted by atomic mass is 15.0. The first-order valence-electron chi connectivity index (χ1n) is 11.0. The fourth-order valence-electron chi connectivity index (χ4n) is 4.24. The molecule has 0 radical (unpaired) electrons. The molecule has 0 spiro atoms. The van der Waals surface area contributed by atoms with Gasteiger partial charge in [0.2, 0.25) is 0 Å². The number of aryl methyl sites for hydroxylation is 4. The van der Waals surface area contributed by atoms with E-state index in [1.54, 1.807) is 6.07 Å². The van der Waals surface area contributed by atoms with E-state index in [4.69, 9.17) is 4.98 Å². The van der Waals surface area contributed by atoms with Gasteiger partial charge in [0.15, 0.2) is 5.65 Å². The van der Waals surface area contributed by atoms with Gasteiger partial charge in [0.25, 0.3) is 0 Å². The van der Waals surface area contributed by atoms with Crippen LogP contribution in [0.1, 0.15) is 27.9 Å². The molecule has 5 rings (SSSR count).